The Morgan fingerprint density at radius 3 is 3.12 bits per heavy atom. The fraction of sp³-hybridized carbons (Fsp3) is 0.867. The molecule has 98 valence electrons. The third-order valence-electron chi connectivity index (χ3n) is 4.03. The molecule has 0 aromatic rings. The molecule has 2 atom stereocenters. The highest BCUT2D eigenvalue weighted by atomic mass is 32.2. The maximum Gasteiger partial charge on any atom is 0.0316 e. The average molecular weight is 253 g/mol. The van der Waals surface area contributed by atoms with Crippen LogP contribution in [0.3, 0.4) is 0 Å². The van der Waals surface area contributed by atoms with Gasteiger partial charge in [0, 0.05) is 6.04 Å². The Morgan fingerprint density at radius 2 is 2.35 bits per heavy atom. The third kappa shape index (κ3) is 4.03. The number of allylic oxidation sites excluding steroid dienone is 1. The maximum atomic E-state index is 3.83. The SMILES string of the molecule is CCCNC(C1=CCCCCC1)C1CCSC1. The summed E-state index contributed by atoms with van der Waals surface area (Å²) in [5, 5.41) is 3.83. The molecule has 1 aliphatic carbocycles. The normalized spacial score (nSPS) is 27.6. The van der Waals surface area contributed by atoms with Crippen molar-refractivity contribution in [2.24, 2.45) is 5.92 Å². The van der Waals surface area contributed by atoms with Gasteiger partial charge < -0.3 is 5.32 Å². The monoisotopic (exact) mass is 253 g/mol. The van der Waals surface area contributed by atoms with E-state index in [-0.39, 0.29) is 0 Å². The van der Waals surface area contributed by atoms with Crippen LogP contribution in [0.4, 0.5) is 0 Å². The second kappa shape index (κ2) is 7.48. The van der Waals surface area contributed by atoms with Crippen molar-refractivity contribution in [1.82, 2.24) is 5.32 Å². The number of hydrogen-bond donors (Lipinski definition) is 1. The van der Waals surface area contributed by atoms with E-state index in [1.165, 1.54) is 63.0 Å². The predicted octanol–water partition coefficient (Wildman–Crippen LogP) is 4.00. The Kier molecular flexibility index (Phi) is 5.93. The highest BCUT2D eigenvalue weighted by Gasteiger charge is 2.27. The first-order valence-electron chi connectivity index (χ1n) is 7.42. The second-order valence-corrected chi connectivity index (χ2v) is 6.58. The van der Waals surface area contributed by atoms with Crippen molar-refractivity contribution in [2.45, 2.75) is 57.9 Å². The van der Waals surface area contributed by atoms with Gasteiger partial charge >= 0.3 is 0 Å². The molecule has 17 heavy (non-hydrogen) atoms. The lowest BCUT2D eigenvalue weighted by atomic mass is 9.89. The van der Waals surface area contributed by atoms with Gasteiger partial charge in [-0.05, 0) is 62.5 Å². The molecule has 0 radical (unpaired) electrons. The highest BCUT2D eigenvalue weighted by Crippen LogP contribution is 2.32. The van der Waals surface area contributed by atoms with Gasteiger partial charge in [0.05, 0.1) is 0 Å². The molecule has 1 nitrogen and oxygen atoms in total. The minimum Gasteiger partial charge on any atom is -0.310 e. The molecule has 2 aliphatic rings. The maximum absolute atomic E-state index is 3.83. The highest BCUT2D eigenvalue weighted by molar-refractivity contribution is 7.99. The van der Waals surface area contributed by atoms with Gasteiger partial charge in [0.15, 0.2) is 0 Å². The van der Waals surface area contributed by atoms with E-state index >= 15 is 0 Å². The first-order valence-corrected chi connectivity index (χ1v) is 8.57. The lowest BCUT2D eigenvalue weighted by molar-refractivity contribution is 0.416. The summed E-state index contributed by atoms with van der Waals surface area (Å²) in [6.45, 7) is 3.46. The number of rotatable bonds is 5. The standard InChI is InChI=1S/C15H27NS/c1-2-10-16-15(14-9-11-17-12-14)13-7-5-3-4-6-8-13/h7,14-16H,2-6,8-12H2,1H3. The van der Waals surface area contributed by atoms with Crippen LogP contribution in [0.1, 0.15) is 51.9 Å². The molecule has 1 saturated heterocycles. The van der Waals surface area contributed by atoms with E-state index in [2.05, 4.69) is 30.1 Å². The van der Waals surface area contributed by atoms with Gasteiger partial charge in [-0.3, -0.25) is 0 Å². The molecule has 0 spiro atoms. The minimum atomic E-state index is 0.697. The van der Waals surface area contributed by atoms with Crippen molar-refractivity contribution in [2.75, 3.05) is 18.1 Å². The fourth-order valence-electron chi connectivity index (χ4n) is 3.04. The van der Waals surface area contributed by atoms with Gasteiger partial charge in [-0.1, -0.05) is 25.0 Å². The van der Waals surface area contributed by atoms with Crippen molar-refractivity contribution in [3.05, 3.63) is 11.6 Å². The van der Waals surface area contributed by atoms with E-state index in [0.29, 0.717) is 6.04 Å². The lowest BCUT2D eigenvalue weighted by Gasteiger charge is -2.27. The van der Waals surface area contributed by atoms with Crippen LogP contribution >= 0.6 is 11.8 Å². The van der Waals surface area contributed by atoms with Gasteiger partial charge in [-0.25, -0.2) is 0 Å². The molecule has 1 N–H and O–H groups in total. The molecule has 0 amide bonds. The van der Waals surface area contributed by atoms with Crippen molar-refractivity contribution in [1.29, 1.82) is 0 Å². The number of thioether (sulfide) groups is 1. The quantitative estimate of drug-likeness (QED) is 0.743. The molecule has 0 aromatic heterocycles. The summed E-state index contributed by atoms with van der Waals surface area (Å²) < 4.78 is 0. The van der Waals surface area contributed by atoms with Crippen molar-refractivity contribution >= 4 is 11.8 Å². The molecule has 0 bridgehead atoms. The first kappa shape index (κ1) is 13.5. The van der Waals surface area contributed by atoms with E-state index in [1.54, 1.807) is 5.57 Å². The summed E-state index contributed by atoms with van der Waals surface area (Å²) in [6, 6.07) is 0.697. The van der Waals surface area contributed by atoms with Gasteiger partial charge in [0.1, 0.15) is 0 Å². The molecule has 2 heteroatoms. The van der Waals surface area contributed by atoms with Crippen LogP contribution in [0.2, 0.25) is 0 Å². The second-order valence-electron chi connectivity index (χ2n) is 5.43. The summed E-state index contributed by atoms with van der Waals surface area (Å²) in [6.07, 6.45) is 12.2. The largest absolute Gasteiger partial charge is 0.310 e. The summed E-state index contributed by atoms with van der Waals surface area (Å²) in [4.78, 5) is 0. The Labute approximate surface area is 111 Å². The van der Waals surface area contributed by atoms with Gasteiger partial charge in [0.25, 0.3) is 0 Å². The van der Waals surface area contributed by atoms with Crippen LogP contribution in [-0.4, -0.2) is 24.1 Å². The lowest BCUT2D eigenvalue weighted by Crippen LogP contribution is -2.38. The molecule has 1 heterocycles. The van der Waals surface area contributed by atoms with Gasteiger partial charge in [0.2, 0.25) is 0 Å². The minimum absolute atomic E-state index is 0.697. The predicted molar refractivity (Wildman–Crippen MR) is 78.7 cm³/mol. The zero-order chi connectivity index (χ0) is 11.9. The Hall–Kier alpha value is 0.0500. The van der Waals surface area contributed by atoms with Crippen LogP contribution < -0.4 is 5.32 Å². The van der Waals surface area contributed by atoms with E-state index in [0.717, 1.165) is 5.92 Å². The van der Waals surface area contributed by atoms with Crippen LogP contribution in [0.15, 0.2) is 11.6 Å². The molecule has 2 rings (SSSR count). The van der Waals surface area contributed by atoms with Crippen LogP contribution in [-0.2, 0) is 0 Å². The molecule has 0 saturated carbocycles. The fourth-order valence-corrected chi connectivity index (χ4v) is 4.34. The van der Waals surface area contributed by atoms with Crippen molar-refractivity contribution in [3.63, 3.8) is 0 Å². The molecule has 1 aliphatic heterocycles. The van der Waals surface area contributed by atoms with E-state index in [4.69, 9.17) is 0 Å². The molecule has 1 fully saturated rings. The van der Waals surface area contributed by atoms with Gasteiger partial charge in [-0.2, -0.15) is 11.8 Å². The summed E-state index contributed by atoms with van der Waals surface area (Å²) in [7, 11) is 0. The zero-order valence-electron chi connectivity index (χ0n) is 11.2. The molecular formula is C15H27NS. The summed E-state index contributed by atoms with van der Waals surface area (Å²) in [5.74, 6) is 3.65. The van der Waals surface area contributed by atoms with E-state index in [9.17, 15) is 0 Å². The molecular weight excluding hydrogens is 226 g/mol. The van der Waals surface area contributed by atoms with Crippen molar-refractivity contribution < 1.29 is 0 Å². The third-order valence-corrected chi connectivity index (χ3v) is 5.21. The van der Waals surface area contributed by atoms with Crippen LogP contribution in [0.25, 0.3) is 0 Å². The van der Waals surface area contributed by atoms with Crippen molar-refractivity contribution in [3.8, 4) is 0 Å². The molecule has 2 unspecified atom stereocenters. The Bertz CT molecular complexity index is 243. The number of nitrogens with one attached hydrogen (secondary N) is 1. The molecule has 0 aromatic carbocycles. The van der Waals surface area contributed by atoms with Crippen LogP contribution in [0, 0.1) is 5.92 Å². The topological polar surface area (TPSA) is 12.0 Å². The summed E-state index contributed by atoms with van der Waals surface area (Å²) >= 11 is 2.15. The first-order chi connectivity index (χ1) is 8.42. The van der Waals surface area contributed by atoms with E-state index in [1.807, 2.05) is 0 Å². The van der Waals surface area contributed by atoms with Gasteiger partial charge in [-0.15, -0.1) is 0 Å². The number of hydrogen-bond acceptors (Lipinski definition) is 2. The van der Waals surface area contributed by atoms with Crippen LogP contribution in [0.5, 0.6) is 0 Å². The Morgan fingerprint density at radius 1 is 1.41 bits per heavy atom. The zero-order valence-corrected chi connectivity index (χ0v) is 12.0. The Balaban J connectivity index is 1.99. The smallest absolute Gasteiger partial charge is 0.0316 e. The summed E-state index contributed by atoms with van der Waals surface area (Å²) in [5.41, 5.74) is 1.74. The average Bonchev–Trinajstić information content (AvgIpc) is 2.73. The van der Waals surface area contributed by atoms with E-state index < -0.39 is 0 Å².